The number of piperidine rings is 1. The van der Waals surface area contributed by atoms with Crippen molar-refractivity contribution in [3.8, 4) is 5.88 Å². The highest BCUT2D eigenvalue weighted by Gasteiger charge is 2.45. The van der Waals surface area contributed by atoms with E-state index in [1.807, 2.05) is 29.2 Å². The van der Waals surface area contributed by atoms with Gasteiger partial charge in [0.1, 0.15) is 6.04 Å². The number of likely N-dealkylation sites (tertiary alicyclic amines) is 1. The molecule has 31 heavy (non-hydrogen) atoms. The second-order valence-corrected chi connectivity index (χ2v) is 8.60. The molecule has 1 amide bonds. The standard InChI is InChI=1S/C23H28N4O4/c1-30-22-16(4-3-7-24-22)13-25-14-17-12-18(15-25)21(23(29)26-8-10-31-11-9-26)27-19(17)5-2-6-20(27)28/h2-7,17-18,21H,8-15H2,1H3/t17-,18+,21-/m1/s1. The Morgan fingerprint density at radius 2 is 2.03 bits per heavy atom. The molecule has 0 saturated carbocycles. The van der Waals surface area contributed by atoms with Crippen molar-refractivity contribution in [3.05, 3.63) is 58.1 Å². The first kappa shape index (κ1) is 20.2. The van der Waals surface area contributed by atoms with Crippen LogP contribution in [0.2, 0.25) is 0 Å². The number of methoxy groups -OCH3 is 1. The van der Waals surface area contributed by atoms with Crippen molar-refractivity contribution >= 4 is 5.91 Å². The molecule has 0 spiro atoms. The lowest BCUT2D eigenvalue weighted by molar-refractivity contribution is -0.142. The van der Waals surface area contributed by atoms with Crippen LogP contribution in [0.15, 0.2) is 41.3 Å². The molecule has 2 bridgehead atoms. The van der Waals surface area contributed by atoms with E-state index in [1.54, 1.807) is 23.9 Å². The smallest absolute Gasteiger partial charge is 0.251 e. The van der Waals surface area contributed by atoms with Crippen molar-refractivity contribution in [3.63, 3.8) is 0 Å². The fourth-order valence-electron chi connectivity index (χ4n) is 5.41. The van der Waals surface area contributed by atoms with Gasteiger partial charge in [-0.15, -0.1) is 0 Å². The lowest BCUT2D eigenvalue weighted by Gasteiger charge is -2.47. The zero-order chi connectivity index (χ0) is 21.4. The number of amides is 1. The van der Waals surface area contributed by atoms with Gasteiger partial charge >= 0.3 is 0 Å². The van der Waals surface area contributed by atoms with Crippen LogP contribution in [0.4, 0.5) is 0 Å². The molecule has 5 rings (SSSR count). The number of carbonyl (C=O) groups is 1. The van der Waals surface area contributed by atoms with Crippen molar-refractivity contribution < 1.29 is 14.3 Å². The van der Waals surface area contributed by atoms with Crippen LogP contribution in [0.3, 0.4) is 0 Å². The fraction of sp³-hybridized carbons (Fsp3) is 0.522. The Labute approximate surface area is 181 Å². The molecule has 5 heterocycles. The van der Waals surface area contributed by atoms with Crippen molar-refractivity contribution in [1.82, 2.24) is 19.4 Å². The zero-order valence-electron chi connectivity index (χ0n) is 17.8. The van der Waals surface area contributed by atoms with Gasteiger partial charge < -0.3 is 14.4 Å². The lowest BCUT2D eigenvalue weighted by atomic mass is 9.77. The van der Waals surface area contributed by atoms with Gasteiger partial charge in [0.25, 0.3) is 5.56 Å². The molecule has 3 aliphatic heterocycles. The average Bonchev–Trinajstić information content (AvgIpc) is 2.80. The number of ether oxygens (including phenoxy) is 2. The Balaban J connectivity index is 1.47. The molecular formula is C23H28N4O4. The summed E-state index contributed by atoms with van der Waals surface area (Å²) in [6, 6.07) is 8.89. The van der Waals surface area contributed by atoms with Crippen LogP contribution in [-0.2, 0) is 16.1 Å². The molecule has 2 aromatic heterocycles. The summed E-state index contributed by atoms with van der Waals surface area (Å²) in [6.45, 7) is 4.58. The number of morpholine rings is 1. The average molecular weight is 425 g/mol. The summed E-state index contributed by atoms with van der Waals surface area (Å²) in [6.07, 6.45) is 2.65. The highest BCUT2D eigenvalue weighted by atomic mass is 16.5. The molecule has 164 valence electrons. The molecule has 0 aromatic carbocycles. The maximum Gasteiger partial charge on any atom is 0.251 e. The van der Waals surface area contributed by atoms with Crippen molar-refractivity contribution in [2.45, 2.75) is 24.9 Å². The van der Waals surface area contributed by atoms with E-state index in [0.29, 0.717) is 38.7 Å². The van der Waals surface area contributed by atoms with Gasteiger partial charge in [0.15, 0.2) is 0 Å². The molecule has 3 atom stereocenters. The number of carbonyl (C=O) groups excluding carboxylic acids is 1. The number of hydrogen-bond acceptors (Lipinski definition) is 6. The molecule has 3 aliphatic rings. The Morgan fingerprint density at radius 1 is 1.19 bits per heavy atom. The third kappa shape index (κ3) is 3.74. The predicted molar refractivity (Wildman–Crippen MR) is 114 cm³/mol. The minimum Gasteiger partial charge on any atom is -0.481 e. The topological polar surface area (TPSA) is 76.9 Å². The number of rotatable bonds is 4. The number of nitrogens with zero attached hydrogens (tertiary/aromatic N) is 4. The normalized spacial score (nSPS) is 25.7. The Hall–Kier alpha value is -2.71. The third-order valence-corrected chi connectivity index (χ3v) is 6.74. The van der Waals surface area contributed by atoms with Gasteiger partial charge in [-0.2, -0.15) is 0 Å². The molecule has 2 saturated heterocycles. The molecule has 8 heteroatoms. The van der Waals surface area contributed by atoms with E-state index < -0.39 is 6.04 Å². The van der Waals surface area contributed by atoms with Crippen molar-refractivity contribution in [2.24, 2.45) is 5.92 Å². The van der Waals surface area contributed by atoms with Gasteiger partial charge in [-0.25, -0.2) is 4.98 Å². The Bertz CT molecular complexity index is 1020. The Morgan fingerprint density at radius 3 is 2.84 bits per heavy atom. The van der Waals surface area contributed by atoms with Crippen molar-refractivity contribution in [2.75, 3.05) is 46.5 Å². The zero-order valence-corrected chi connectivity index (χ0v) is 17.8. The monoisotopic (exact) mass is 424 g/mol. The lowest BCUT2D eigenvalue weighted by Crippen LogP contribution is -2.55. The summed E-state index contributed by atoms with van der Waals surface area (Å²) >= 11 is 0. The quantitative estimate of drug-likeness (QED) is 0.736. The molecule has 8 nitrogen and oxygen atoms in total. The predicted octanol–water partition coefficient (Wildman–Crippen LogP) is 1.27. The van der Waals surface area contributed by atoms with Gasteiger partial charge in [0, 0.05) is 68.1 Å². The first-order valence-corrected chi connectivity index (χ1v) is 10.9. The van der Waals surface area contributed by atoms with E-state index >= 15 is 0 Å². The van der Waals surface area contributed by atoms with Gasteiger partial charge in [-0.05, 0) is 18.6 Å². The van der Waals surface area contributed by atoms with Gasteiger partial charge in [0.05, 0.1) is 20.3 Å². The second-order valence-electron chi connectivity index (χ2n) is 8.60. The molecule has 0 radical (unpaired) electrons. The van der Waals surface area contributed by atoms with E-state index in [2.05, 4.69) is 9.88 Å². The van der Waals surface area contributed by atoms with Gasteiger partial charge in [-0.3, -0.25) is 19.1 Å². The summed E-state index contributed by atoms with van der Waals surface area (Å²) in [5, 5.41) is 0. The van der Waals surface area contributed by atoms with Crippen LogP contribution in [0.25, 0.3) is 0 Å². The number of fused-ring (bicyclic) bond motifs is 4. The second kappa shape index (κ2) is 8.43. The van der Waals surface area contributed by atoms with Crippen LogP contribution in [0.5, 0.6) is 5.88 Å². The Kier molecular flexibility index (Phi) is 5.50. The van der Waals surface area contributed by atoms with Crippen LogP contribution >= 0.6 is 0 Å². The largest absolute Gasteiger partial charge is 0.481 e. The fourth-order valence-corrected chi connectivity index (χ4v) is 5.41. The third-order valence-electron chi connectivity index (χ3n) is 6.74. The SMILES string of the molecule is COc1ncccc1CN1C[C@H]2C[C@@H](C1)[C@H](C(=O)N1CCOCC1)n1c2cccc1=O. The highest BCUT2D eigenvalue weighted by molar-refractivity contribution is 5.81. The van der Waals surface area contributed by atoms with Gasteiger partial charge in [-0.1, -0.05) is 12.1 Å². The first-order chi connectivity index (χ1) is 15.2. The maximum atomic E-state index is 13.6. The summed E-state index contributed by atoms with van der Waals surface area (Å²) in [4.78, 5) is 35.0. The summed E-state index contributed by atoms with van der Waals surface area (Å²) in [5.74, 6) is 0.992. The summed E-state index contributed by atoms with van der Waals surface area (Å²) in [7, 11) is 1.64. The van der Waals surface area contributed by atoms with E-state index in [1.165, 1.54) is 0 Å². The summed E-state index contributed by atoms with van der Waals surface area (Å²) in [5.41, 5.74) is 1.92. The molecule has 0 N–H and O–H groups in total. The van der Waals surface area contributed by atoms with Crippen LogP contribution < -0.4 is 10.3 Å². The molecule has 2 aromatic rings. The van der Waals surface area contributed by atoms with E-state index in [4.69, 9.17) is 9.47 Å². The van der Waals surface area contributed by atoms with E-state index in [0.717, 1.165) is 30.8 Å². The number of hydrogen-bond donors (Lipinski definition) is 0. The van der Waals surface area contributed by atoms with Crippen LogP contribution in [-0.4, -0.2) is 71.8 Å². The minimum absolute atomic E-state index is 0.0436. The van der Waals surface area contributed by atoms with E-state index in [-0.39, 0.29) is 23.3 Å². The highest BCUT2D eigenvalue weighted by Crippen LogP contribution is 2.42. The molecule has 2 fully saturated rings. The van der Waals surface area contributed by atoms with Crippen LogP contribution in [0, 0.1) is 5.92 Å². The number of aromatic nitrogens is 2. The minimum atomic E-state index is -0.461. The van der Waals surface area contributed by atoms with Crippen LogP contribution in [0.1, 0.15) is 29.6 Å². The molecule has 0 aliphatic carbocycles. The summed E-state index contributed by atoms with van der Waals surface area (Å²) < 4.78 is 12.6. The van der Waals surface area contributed by atoms with E-state index in [9.17, 15) is 9.59 Å². The first-order valence-electron chi connectivity index (χ1n) is 10.9. The molecule has 0 unspecified atom stereocenters. The number of pyridine rings is 2. The van der Waals surface area contributed by atoms with Gasteiger partial charge in [0.2, 0.25) is 11.8 Å². The molecular weight excluding hydrogens is 396 g/mol. The van der Waals surface area contributed by atoms with Crippen molar-refractivity contribution in [1.29, 1.82) is 0 Å². The maximum absolute atomic E-state index is 13.6.